The van der Waals surface area contributed by atoms with Crippen molar-refractivity contribution in [3.63, 3.8) is 0 Å². The summed E-state index contributed by atoms with van der Waals surface area (Å²) in [6, 6.07) is 6.52. The van der Waals surface area contributed by atoms with E-state index >= 15 is 0 Å². The van der Waals surface area contributed by atoms with Crippen LogP contribution >= 0.6 is 24.0 Å². The van der Waals surface area contributed by atoms with E-state index in [1.807, 2.05) is 18.2 Å². The molecule has 0 aliphatic carbocycles. The summed E-state index contributed by atoms with van der Waals surface area (Å²) in [4.78, 5) is 7.35. The number of hydrogen-bond acceptors (Lipinski definition) is 4. The van der Waals surface area contributed by atoms with Gasteiger partial charge in [-0.1, -0.05) is 19.9 Å². The van der Waals surface area contributed by atoms with Crippen LogP contribution in [0.25, 0.3) is 0 Å². The van der Waals surface area contributed by atoms with Crippen LogP contribution in [0.5, 0.6) is 11.5 Å². The van der Waals surface area contributed by atoms with E-state index in [1.54, 1.807) is 14.2 Å². The van der Waals surface area contributed by atoms with Crippen molar-refractivity contribution in [2.45, 2.75) is 46.2 Å². The first-order valence-corrected chi connectivity index (χ1v) is 10.0. The molecule has 1 atom stereocenters. The number of rotatable bonds is 9. The molecule has 1 aliphatic heterocycles. The van der Waals surface area contributed by atoms with Gasteiger partial charge in [-0.25, -0.2) is 4.99 Å². The van der Waals surface area contributed by atoms with E-state index in [4.69, 9.17) is 14.5 Å². The first kappa shape index (κ1) is 24.8. The largest absolute Gasteiger partial charge is 0.493 e. The first-order valence-electron chi connectivity index (χ1n) is 10.0. The fourth-order valence-electron chi connectivity index (χ4n) is 3.54. The minimum Gasteiger partial charge on any atom is -0.493 e. The van der Waals surface area contributed by atoms with Crippen molar-refractivity contribution in [3.05, 3.63) is 23.8 Å². The number of aliphatic imine (C=N–C) groups is 1. The molecule has 1 aliphatic rings. The molecule has 1 saturated heterocycles. The van der Waals surface area contributed by atoms with Crippen LogP contribution in [0.3, 0.4) is 0 Å². The molecule has 6 nitrogen and oxygen atoms in total. The van der Waals surface area contributed by atoms with Gasteiger partial charge in [0.1, 0.15) is 0 Å². The molecule has 160 valence electrons. The van der Waals surface area contributed by atoms with Gasteiger partial charge in [0.25, 0.3) is 0 Å². The van der Waals surface area contributed by atoms with E-state index in [0.717, 1.165) is 36.1 Å². The number of nitrogens with one attached hydrogen (secondary N) is 2. The molecule has 0 amide bonds. The average molecular weight is 504 g/mol. The van der Waals surface area contributed by atoms with Crippen molar-refractivity contribution in [3.8, 4) is 11.5 Å². The molecule has 0 unspecified atom stereocenters. The quantitative estimate of drug-likeness (QED) is 0.307. The number of halogens is 1. The van der Waals surface area contributed by atoms with Crippen LogP contribution < -0.4 is 20.1 Å². The van der Waals surface area contributed by atoms with Gasteiger partial charge in [-0.2, -0.15) is 0 Å². The lowest BCUT2D eigenvalue weighted by Crippen LogP contribution is -2.45. The van der Waals surface area contributed by atoms with E-state index in [0.29, 0.717) is 18.5 Å². The maximum absolute atomic E-state index is 5.38. The van der Waals surface area contributed by atoms with Crippen LogP contribution in [0.4, 0.5) is 0 Å². The van der Waals surface area contributed by atoms with Crippen molar-refractivity contribution < 1.29 is 9.47 Å². The molecule has 1 heterocycles. The van der Waals surface area contributed by atoms with Gasteiger partial charge in [-0.15, -0.1) is 24.0 Å². The van der Waals surface area contributed by atoms with Crippen LogP contribution in [-0.4, -0.2) is 57.3 Å². The van der Waals surface area contributed by atoms with E-state index < -0.39 is 0 Å². The summed E-state index contributed by atoms with van der Waals surface area (Å²) in [5, 5.41) is 6.88. The lowest BCUT2D eigenvalue weighted by atomic mass is 10.1. The molecule has 0 radical (unpaired) electrons. The van der Waals surface area contributed by atoms with Crippen LogP contribution in [0.15, 0.2) is 23.2 Å². The highest BCUT2D eigenvalue weighted by Gasteiger charge is 2.24. The standard InChI is InChI=1S/C21H36N4O2.HI/c1-6-22-21(24-14-18-8-7-11-25(18)15-16(2)3)23-13-17-9-10-19(26-4)20(12-17)27-5;/h9-10,12,16,18H,6-8,11,13-15H2,1-5H3,(H2,22,23,24);1H/t18-;/m1./s1. The van der Waals surface area contributed by atoms with E-state index in [-0.39, 0.29) is 24.0 Å². The Balaban J connectivity index is 0.00000392. The summed E-state index contributed by atoms with van der Waals surface area (Å²) >= 11 is 0. The topological polar surface area (TPSA) is 58.1 Å². The predicted molar refractivity (Wildman–Crippen MR) is 127 cm³/mol. The van der Waals surface area contributed by atoms with Gasteiger partial charge in [0, 0.05) is 25.7 Å². The van der Waals surface area contributed by atoms with Crippen LogP contribution in [0, 0.1) is 5.92 Å². The summed E-state index contributed by atoms with van der Waals surface area (Å²) in [5.41, 5.74) is 1.09. The number of hydrogen-bond donors (Lipinski definition) is 2. The number of nitrogens with zero attached hydrogens (tertiary/aromatic N) is 2. The molecule has 0 saturated carbocycles. The fourth-order valence-corrected chi connectivity index (χ4v) is 3.54. The number of methoxy groups -OCH3 is 2. The number of benzene rings is 1. The smallest absolute Gasteiger partial charge is 0.191 e. The first-order chi connectivity index (χ1) is 13.1. The number of guanidine groups is 1. The predicted octanol–water partition coefficient (Wildman–Crippen LogP) is 3.50. The summed E-state index contributed by atoms with van der Waals surface area (Å²) < 4.78 is 10.7. The molecule has 7 heteroatoms. The van der Waals surface area contributed by atoms with Crippen molar-refractivity contribution in [2.24, 2.45) is 10.9 Å². The molecule has 2 rings (SSSR count). The van der Waals surface area contributed by atoms with E-state index in [9.17, 15) is 0 Å². The monoisotopic (exact) mass is 504 g/mol. The molecule has 0 aromatic heterocycles. The lowest BCUT2D eigenvalue weighted by molar-refractivity contribution is 0.226. The van der Waals surface area contributed by atoms with Gasteiger partial charge in [0.2, 0.25) is 0 Å². The second kappa shape index (κ2) is 13.1. The normalized spacial score (nSPS) is 17.4. The molecule has 1 fully saturated rings. The Labute approximate surface area is 187 Å². The lowest BCUT2D eigenvalue weighted by Gasteiger charge is -2.27. The maximum Gasteiger partial charge on any atom is 0.191 e. The second-order valence-electron chi connectivity index (χ2n) is 7.45. The van der Waals surface area contributed by atoms with Crippen molar-refractivity contribution in [2.75, 3.05) is 40.4 Å². The number of ether oxygens (including phenoxy) is 2. The zero-order valence-corrected chi connectivity index (χ0v) is 20.3. The highest BCUT2D eigenvalue weighted by atomic mass is 127. The molecule has 28 heavy (non-hydrogen) atoms. The Morgan fingerprint density at radius 3 is 2.61 bits per heavy atom. The summed E-state index contributed by atoms with van der Waals surface area (Å²) in [7, 11) is 3.30. The molecular formula is C21H37IN4O2. The molecule has 1 aromatic rings. The van der Waals surface area contributed by atoms with E-state index in [1.165, 1.54) is 25.9 Å². The minimum absolute atomic E-state index is 0. The average Bonchev–Trinajstić information content (AvgIpc) is 3.09. The van der Waals surface area contributed by atoms with Gasteiger partial charge in [-0.3, -0.25) is 4.90 Å². The minimum atomic E-state index is 0. The summed E-state index contributed by atoms with van der Waals surface area (Å²) in [6.45, 7) is 11.4. The third kappa shape index (κ3) is 7.66. The number of likely N-dealkylation sites (tertiary alicyclic amines) is 1. The Kier molecular flexibility index (Phi) is 11.6. The molecule has 2 N–H and O–H groups in total. The summed E-state index contributed by atoms with van der Waals surface area (Å²) in [6.07, 6.45) is 2.55. The Bertz CT molecular complexity index is 610. The third-order valence-corrected chi connectivity index (χ3v) is 4.82. The van der Waals surface area contributed by atoms with Crippen LogP contribution in [-0.2, 0) is 6.54 Å². The van der Waals surface area contributed by atoms with E-state index in [2.05, 4.69) is 36.3 Å². The third-order valence-electron chi connectivity index (χ3n) is 4.82. The van der Waals surface area contributed by atoms with Gasteiger partial charge >= 0.3 is 0 Å². The van der Waals surface area contributed by atoms with Crippen molar-refractivity contribution >= 4 is 29.9 Å². The van der Waals surface area contributed by atoms with Gasteiger partial charge in [-0.05, 0) is 49.9 Å². The highest BCUT2D eigenvalue weighted by Crippen LogP contribution is 2.27. The summed E-state index contributed by atoms with van der Waals surface area (Å²) in [5.74, 6) is 3.04. The van der Waals surface area contributed by atoms with Crippen molar-refractivity contribution in [1.82, 2.24) is 15.5 Å². The zero-order chi connectivity index (χ0) is 19.6. The molecule has 0 spiro atoms. The highest BCUT2D eigenvalue weighted by molar-refractivity contribution is 14.0. The Morgan fingerprint density at radius 2 is 1.96 bits per heavy atom. The zero-order valence-electron chi connectivity index (χ0n) is 18.0. The van der Waals surface area contributed by atoms with Gasteiger partial charge in [0.05, 0.1) is 20.8 Å². The second-order valence-corrected chi connectivity index (χ2v) is 7.45. The SMILES string of the molecule is CCNC(=NCc1ccc(OC)c(OC)c1)NC[C@H]1CCCN1CC(C)C.I. The van der Waals surface area contributed by atoms with Crippen LogP contribution in [0.2, 0.25) is 0 Å². The Morgan fingerprint density at radius 1 is 1.21 bits per heavy atom. The molecular weight excluding hydrogens is 467 g/mol. The Hall–Kier alpha value is -1.22. The van der Waals surface area contributed by atoms with Crippen LogP contribution in [0.1, 0.15) is 39.2 Å². The maximum atomic E-state index is 5.38. The van der Waals surface area contributed by atoms with Crippen molar-refractivity contribution in [1.29, 1.82) is 0 Å². The fraction of sp³-hybridized carbons (Fsp3) is 0.667. The molecule has 0 bridgehead atoms. The van der Waals surface area contributed by atoms with Gasteiger partial charge in [0.15, 0.2) is 17.5 Å². The molecule has 1 aromatic carbocycles. The van der Waals surface area contributed by atoms with Gasteiger partial charge < -0.3 is 20.1 Å².